The molecule has 2 N–H and O–H groups in total. The van der Waals surface area contributed by atoms with Crippen LogP contribution in [0, 0.1) is 11.8 Å². The molecule has 4 aliphatic rings. The van der Waals surface area contributed by atoms with Gasteiger partial charge in [0.2, 0.25) is 0 Å². The predicted molar refractivity (Wildman–Crippen MR) is 166 cm³/mol. The topological polar surface area (TPSA) is 108 Å². The van der Waals surface area contributed by atoms with E-state index in [4.69, 9.17) is 21.1 Å². The van der Waals surface area contributed by atoms with E-state index in [1.165, 1.54) is 22.5 Å². The van der Waals surface area contributed by atoms with Gasteiger partial charge in [-0.15, -0.1) is 0 Å². The van der Waals surface area contributed by atoms with E-state index in [2.05, 4.69) is 21.8 Å². The highest BCUT2D eigenvalue weighted by molar-refractivity contribution is 7.87. The molecule has 0 radical (unpaired) electrons. The molecule has 43 heavy (non-hydrogen) atoms. The molecule has 1 fully saturated rings. The van der Waals surface area contributed by atoms with Crippen molar-refractivity contribution in [1.29, 1.82) is 0 Å². The molecule has 0 saturated heterocycles. The Balaban J connectivity index is 1.40. The summed E-state index contributed by atoms with van der Waals surface area (Å²) in [7, 11) is -2.64. The van der Waals surface area contributed by atoms with Crippen molar-refractivity contribution >= 4 is 33.4 Å². The summed E-state index contributed by atoms with van der Waals surface area (Å²) in [5.41, 5.74) is 3.22. The number of nitrogens with one attached hydrogen (secondary N) is 1. The van der Waals surface area contributed by atoms with Crippen LogP contribution >= 0.6 is 11.6 Å². The Morgan fingerprint density at radius 1 is 1.21 bits per heavy atom. The number of hydrogen-bond donors (Lipinski definition) is 2. The van der Waals surface area contributed by atoms with Crippen molar-refractivity contribution in [3.63, 3.8) is 0 Å². The number of benzene rings is 2. The zero-order valence-corrected chi connectivity index (χ0v) is 26.1. The van der Waals surface area contributed by atoms with Gasteiger partial charge in [0.15, 0.2) is 0 Å². The number of aryl methyl sites for hydroxylation is 1. The van der Waals surface area contributed by atoms with Gasteiger partial charge in [0.05, 0.1) is 25.0 Å². The van der Waals surface area contributed by atoms with Gasteiger partial charge in [-0.05, 0) is 91.8 Å². The lowest BCUT2D eigenvalue weighted by Crippen LogP contribution is -2.49. The second-order valence-electron chi connectivity index (χ2n) is 12.3. The van der Waals surface area contributed by atoms with E-state index in [1.54, 1.807) is 24.3 Å². The Morgan fingerprint density at radius 2 is 2.07 bits per heavy atom. The van der Waals surface area contributed by atoms with Gasteiger partial charge >= 0.3 is 10.2 Å². The Labute approximate surface area is 259 Å². The van der Waals surface area contributed by atoms with E-state index in [-0.39, 0.29) is 42.5 Å². The normalized spacial score (nSPS) is 29.8. The number of amides is 1. The molecule has 6 rings (SSSR count). The van der Waals surface area contributed by atoms with Crippen molar-refractivity contribution in [3.05, 3.63) is 70.3 Å². The number of anilines is 1. The fourth-order valence-electron chi connectivity index (χ4n) is 7.19. The minimum Gasteiger partial charge on any atom is -0.490 e. The van der Waals surface area contributed by atoms with Gasteiger partial charge in [0.25, 0.3) is 5.91 Å². The van der Waals surface area contributed by atoms with Gasteiger partial charge in [-0.25, -0.2) is 4.72 Å². The lowest BCUT2D eigenvalue weighted by Gasteiger charge is -2.45. The van der Waals surface area contributed by atoms with Crippen LogP contribution in [0.15, 0.2) is 48.6 Å². The molecular weight excluding hydrogens is 590 g/mol. The smallest absolute Gasteiger partial charge is 0.304 e. The molecule has 9 nitrogen and oxygen atoms in total. The SMILES string of the molecule is COCCN1CC/C=C/[C@H](O)[C@@H]2CC[C@H]2CN2C[C@@]3(CCCc4cc(Cl)ccc43)COc3ccc(cc32)C(=O)NS1(=O)=O. The van der Waals surface area contributed by atoms with E-state index in [0.29, 0.717) is 31.9 Å². The number of halogens is 1. The summed E-state index contributed by atoms with van der Waals surface area (Å²) in [5, 5.41) is 11.8. The summed E-state index contributed by atoms with van der Waals surface area (Å²) in [5.74, 6) is 0.336. The van der Waals surface area contributed by atoms with Crippen molar-refractivity contribution in [2.75, 3.05) is 51.4 Å². The van der Waals surface area contributed by atoms with Crippen LogP contribution in [-0.4, -0.2) is 76.3 Å². The Kier molecular flexibility index (Phi) is 8.77. The number of aliphatic hydroxyl groups is 1. The third-order valence-corrected chi connectivity index (χ3v) is 11.4. The second-order valence-corrected chi connectivity index (χ2v) is 14.4. The molecule has 2 aliphatic heterocycles. The lowest BCUT2D eigenvalue weighted by molar-refractivity contribution is 0.0456. The maximum atomic E-state index is 13.4. The second kappa shape index (κ2) is 12.4. The number of rotatable bonds is 3. The van der Waals surface area contributed by atoms with E-state index in [0.717, 1.165) is 42.8 Å². The first-order valence-corrected chi connectivity index (χ1v) is 17.0. The van der Waals surface area contributed by atoms with Crippen molar-refractivity contribution in [2.45, 2.75) is 50.0 Å². The number of fused-ring (bicyclic) bond motifs is 4. The van der Waals surface area contributed by atoms with Gasteiger partial charge < -0.3 is 19.5 Å². The van der Waals surface area contributed by atoms with Crippen LogP contribution in [0.1, 0.15) is 53.6 Å². The minimum atomic E-state index is -4.14. The number of hydrogen-bond acceptors (Lipinski definition) is 7. The highest BCUT2D eigenvalue weighted by Crippen LogP contribution is 2.46. The Bertz CT molecular complexity index is 1500. The number of aliphatic hydroxyl groups excluding tert-OH is 1. The molecule has 2 heterocycles. The average molecular weight is 630 g/mol. The van der Waals surface area contributed by atoms with Crippen molar-refractivity contribution in [2.24, 2.45) is 11.8 Å². The standard InChI is InChI=1S/C32H40ClN3O6S/c1-41-16-15-36-14-3-2-6-29(37)26-10-7-24(26)19-35-20-32(13-4-5-22-17-25(33)9-11-27(22)32)21-42-30-12-8-23(18-28(30)35)31(38)34-43(36,39)40/h2,6,8-9,11-12,17-18,24,26,29,37H,3-5,7,10,13-16,19-21H2,1H3,(H,34,38)/b6-2+/t24-,26+,29-,32-/m0/s1. The quantitative estimate of drug-likeness (QED) is 0.493. The highest BCUT2D eigenvalue weighted by Gasteiger charge is 2.44. The van der Waals surface area contributed by atoms with Crippen molar-refractivity contribution < 1.29 is 27.8 Å². The number of carbonyl (C=O) groups is 1. The Hall–Kier alpha value is -2.63. The lowest BCUT2D eigenvalue weighted by atomic mass is 9.68. The molecule has 0 unspecified atom stereocenters. The molecule has 2 aromatic carbocycles. The van der Waals surface area contributed by atoms with Crippen LogP contribution in [-0.2, 0) is 26.8 Å². The van der Waals surface area contributed by atoms with Gasteiger partial charge in [-0.2, -0.15) is 12.7 Å². The molecule has 2 aliphatic carbocycles. The molecular formula is C32H40ClN3O6S. The van der Waals surface area contributed by atoms with Crippen LogP contribution in [0.3, 0.4) is 0 Å². The van der Waals surface area contributed by atoms with Crippen LogP contribution in [0.4, 0.5) is 5.69 Å². The number of ether oxygens (including phenoxy) is 2. The molecule has 1 saturated carbocycles. The fourth-order valence-corrected chi connectivity index (χ4v) is 8.53. The summed E-state index contributed by atoms with van der Waals surface area (Å²) in [6, 6.07) is 11.3. The van der Waals surface area contributed by atoms with E-state index in [1.807, 2.05) is 12.1 Å². The zero-order valence-electron chi connectivity index (χ0n) is 24.5. The van der Waals surface area contributed by atoms with Gasteiger partial charge in [0, 0.05) is 49.3 Å². The Morgan fingerprint density at radius 3 is 2.86 bits per heavy atom. The fraction of sp³-hybridized carbons (Fsp3) is 0.531. The van der Waals surface area contributed by atoms with Gasteiger partial charge in [-0.3, -0.25) is 4.79 Å². The number of carbonyl (C=O) groups excluding carboxylic acids is 1. The van der Waals surface area contributed by atoms with Crippen LogP contribution < -0.4 is 14.4 Å². The molecule has 232 valence electrons. The number of nitrogens with zero attached hydrogens (tertiary/aromatic N) is 2. The first-order valence-electron chi connectivity index (χ1n) is 15.2. The van der Waals surface area contributed by atoms with Crippen molar-refractivity contribution in [1.82, 2.24) is 9.03 Å². The zero-order chi connectivity index (χ0) is 30.2. The molecule has 11 heteroatoms. The largest absolute Gasteiger partial charge is 0.490 e. The van der Waals surface area contributed by atoms with E-state index in [9.17, 15) is 18.3 Å². The molecule has 2 aromatic rings. The van der Waals surface area contributed by atoms with Gasteiger partial charge in [0.1, 0.15) is 5.75 Å². The summed E-state index contributed by atoms with van der Waals surface area (Å²) in [6.45, 7) is 2.31. The molecule has 0 aromatic heterocycles. The maximum absolute atomic E-state index is 13.4. The first-order chi connectivity index (χ1) is 20.7. The minimum absolute atomic E-state index is 0.0980. The van der Waals surface area contributed by atoms with Crippen LogP contribution in [0.2, 0.25) is 5.02 Å². The van der Waals surface area contributed by atoms with E-state index >= 15 is 0 Å². The summed E-state index contributed by atoms with van der Waals surface area (Å²) in [6.07, 6.45) is 8.29. The monoisotopic (exact) mass is 629 g/mol. The predicted octanol–water partition coefficient (Wildman–Crippen LogP) is 4.08. The van der Waals surface area contributed by atoms with Crippen LogP contribution in [0.5, 0.6) is 5.75 Å². The average Bonchev–Trinajstić information content (AvgIpc) is 3.11. The molecule has 2 bridgehead atoms. The first kappa shape index (κ1) is 30.4. The summed E-state index contributed by atoms with van der Waals surface area (Å²) < 4.78 is 41.7. The van der Waals surface area contributed by atoms with Crippen molar-refractivity contribution in [3.8, 4) is 5.75 Å². The molecule has 1 spiro atoms. The molecule has 1 amide bonds. The number of methoxy groups -OCH3 is 1. The third-order valence-electron chi connectivity index (χ3n) is 9.65. The summed E-state index contributed by atoms with van der Waals surface area (Å²) in [4.78, 5) is 15.7. The maximum Gasteiger partial charge on any atom is 0.304 e. The highest BCUT2D eigenvalue weighted by atomic mass is 35.5. The molecule has 4 atom stereocenters. The summed E-state index contributed by atoms with van der Waals surface area (Å²) >= 11 is 6.39. The van der Waals surface area contributed by atoms with E-state index < -0.39 is 22.2 Å². The van der Waals surface area contributed by atoms with Gasteiger partial charge in [-0.1, -0.05) is 29.8 Å². The third kappa shape index (κ3) is 6.17. The van der Waals surface area contributed by atoms with Crippen LogP contribution in [0.25, 0.3) is 0 Å².